The van der Waals surface area contributed by atoms with Crippen LogP contribution >= 0.6 is 11.3 Å². The molecule has 11 nitrogen and oxygen atoms in total. The zero-order valence-electron chi connectivity index (χ0n) is 23.3. The molecule has 3 amide bonds. The number of pyridine rings is 2. The third-order valence-corrected chi connectivity index (χ3v) is 7.75. The predicted molar refractivity (Wildman–Crippen MR) is 161 cm³/mol. The Labute approximate surface area is 258 Å². The summed E-state index contributed by atoms with van der Waals surface area (Å²) in [5.74, 6) is 0.559. The van der Waals surface area contributed by atoms with E-state index in [0.717, 1.165) is 29.3 Å². The fourth-order valence-corrected chi connectivity index (χ4v) is 5.45. The second-order valence-corrected chi connectivity index (χ2v) is 10.8. The maximum atomic E-state index is 13.3. The Balaban J connectivity index is 1.08. The Hall–Kier alpha value is -5.44. The molecule has 1 saturated heterocycles. The van der Waals surface area contributed by atoms with E-state index in [2.05, 4.69) is 35.6 Å². The molecule has 1 fully saturated rings. The van der Waals surface area contributed by atoms with Crippen LogP contribution in [0.4, 0.5) is 34.5 Å². The van der Waals surface area contributed by atoms with Crippen LogP contribution < -0.4 is 20.3 Å². The second-order valence-electron chi connectivity index (χ2n) is 9.83. The lowest BCUT2D eigenvalue weighted by Gasteiger charge is -2.23. The van der Waals surface area contributed by atoms with E-state index >= 15 is 0 Å². The summed E-state index contributed by atoms with van der Waals surface area (Å²) in [6.07, 6.45) is 5.71. The smallest absolute Gasteiger partial charge is 0.417 e. The number of hydrogen-bond acceptors (Lipinski definition) is 9. The fourth-order valence-electron chi connectivity index (χ4n) is 4.49. The van der Waals surface area contributed by atoms with Gasteiger partial charge in [0.2, 0.25) is 5.91 Å². The largest absolute Gasteiger partial charge is 0.424 e. The van der Waals surface area contributed by atoms with Crippen LogP contribution in [0.1, 0.15) is 24.8 Å². The molecule has 1 aliphatic rings. The number of nitrogens with one attached hydrogen (secondary N) is 2. The standard InChI is InChI=1S/C30H23F3N8O3S/c31-30(32,33)20-12-23(26(35-14-20)19-4-3-10-34-13-19)40-27(43)39-21-15-36-28(37-16-21)44-22-8-6-18(7-9-22)24-17-38-29(45-24)41-11-2-1-5-25(41)42/h3-4,6-10,12-17H,1-2,5,11H2,(H2,39,40,43). The van der Waals surface area contributed by atoms with Crippen LogP contribution in [0.2, 0.25) is 0 Å². The second kappa shape index (κ2) is 12.7. The van der Waals surface area contributed by atoms with Gasteiger partial charge in [-0.2, -0.15) is 13.2 Å². The molecule has 5 aromatic rings. The van der Waals surface area contributed by atoms with Crippen LogP contribution in [0.3, 0.4) is 0 Å². The minimum absolute atomic E-state index is 0.0123. The molecule has 1 aromatic carbocycles. The highest BCUT2D eigenvalue weighted by molar-refractivity contribution is 7.19. The molecule has 0 bridgehead atoms. The van der Waals surface area contributed by atoms with Gasteiger partial charge in [-0.1, -0.05) is 11.3 Å². The molecule has 0 saturated carbocycles. The average molecular weight is 633 g/mol. The Morgan fingerprint density at radius 3 is 2.42 bits per heavy atom. The molecule has 6 rings (SSSR count). The normalized spacial score (nSPS) is 13.4. The van der Waals surface area contributed by atoms with Crippen molar-refractivity contribution in [3.63, 3.8) is 0 Å². The molecule has 0 spiro atoms. The van der Waals surface area contributed by atoms with Gasteiger partial charge in [-0.05, 0) is 60.9 Å². The van der Waals surface area contributed by atoms with Gasteiger partial charge in [-0.25, -0.2) is 19.7 Å². The van der Waals surface area contributed by atoms with Crippen molar-refractivity contribution in [1.82, 2.24) is 24.9 Å². The van der Waals surface area contributed by atoms with Crippen LogP contribution in [0.25, 0.3) is 21.7 Å². The number of piperidine rings is 1. The van der Waals surface area contributed by atoms with Gasteiger partial charge in [0.15, 0.2) is 5.13 Å². The van der Waals surface area contributed by atoms with Crippen molar-refractivity contribution in [1.29, 1.82) is 0 Å². The molecule has 1 aliphatic heterocycles. The summed E-state index contributed by atoms with van der Waals surface area (Å²) in [6.45, 7) is 0.679. The summed E-state index contributed by atoms with van der Waals surface area (Å²) in [5, 5.41) is 5.59. The number of alkyl halides is 3. The van der Waals surface area contributed by atoms with E-state index in [1.807, 2.05) is 12.1 Å². The van der Waals surface area contributed by atoms with Gasteiger partial charge in [0.1, 0.15) is 5.75 Å². The van der Waals surface area contributed by atoms with Gasteiger partial charge in [-0.3, -0.25) is 19.7 Å². The molecule has 0 aliphatic carbocycles. The number of thiazole rings is 1. The number of carbonyl (C=O) groups is 2. The summed E-state index contributed by atoms with van der Waals surface area (Å²) in [6, 6.07) is 10.4. The fraction of sp³-hybridized carbons (Fsp3) is 0.167. The first-order valence-corrected chi connectivity index (χ1v) is 14.5. The quantitative estimate of drug-likeness (QED) is 0.195. The van der Waals surface area contributed by atoms with Crippen LogP contribution in [0, 0.1) is 0 Å². The van der Waals surface area contributed by atoms with E-state index in [1.165, 1.54) is 36.1 Å². The maximum absolute atomic E-state index is 13.3. The molecule has 15 heteroatoms. The molecule has 0 unspecified atom stereocenters. The van der Waals surface area contributed by atoms with Gasteiger partial charge >= 0.3 is 18.2 Å². The molecular formula is C30H23F3N8O3S. The van der Waals surface area contributed by atoms with Crippen LogP contribution in [0.5, 0.6) is 11.8 Å². The highest BCUT2D eigenvalue weighted by Gasteiger charge is 2.32. The van der Waals surface area contributed by atoms with Gasteiger partial charge in [0, 0.05) is 43.3 Å². The Morgan fingerprint density at radius 1 is 0.911 bits per heavy atom. The number of nitrogens with zero attached hydrogens (tertiary/aromatic N) is 6. The molecule has 228 valence electrons. The first-order chi connectivity index (χ1) is 21.7. The van der Waals surface area contributed by atoms with Crippen molar-refractivity contribution in [3.8, 4) is 33.5 Å². The van der Waals surface area contributed by atoms with Crippen molar-refractivity contribution < 1.29 is 27.5 Å². The third kappa shape index (κ3) is 7.04. The third-order valence-electron chi connectivity index (χ3n) is 6.68. The van der Waals surface area contributed by atoms with Crippen molar-refractivity contribution in [2.24, 2.45) is 0 Å². The number of ether oxygens (including phenoxy) is 1. The lowest BCUT2D eigenvalue weighted by Crippen LogP contribution is -2.34. The summed E-state index contributed by atoms with van der Waals surface area (Å²) < 4.78 is 45.7. The van der Waals surface area contributed by atoms with E-state index in [4.69, 9.17) is 4.74 Å². The lowest BCUT2D eigenvalue weighted by molar-refractivity contribution is -0.137. The highest BCUT2D eigenvalue weighted by Crippen LogP contribution is 2.35. The van der Waals surface area contributed by atoms with E-state index < -0.39 is 17.8 Å². The molecule has 2 N–H and O–H groups in total. The number of halogens is 3. The van der Waals surface area contributed by atoms with E-state index in [-0.39, 0.29) is 29.0 Å². The highest BCUT2D eigenvalue weighted by atomic mass is 32.1. The Kier molecular flexibility index (Phi) is 8.33. The minimum Gasteiger partial charge on any atom is -0.424 e. The molecule has 45 heavy (non-hydrogen) atoms. The SMILES string of the molecule is O=C(Nc1cnc(Oc2ccc(-c3cnc(N4CCCCC4=O)s3)cc2)nc1)Nc1cc(C(F)(F)F)cnc1-c1cccnc1. The predicted octanol–water partition coefficient (Wildman–Crippen LogP) is 7.03. The summed E-state index contributed by atoms with van der Waals surface area (Å²) >= 11 is 1.45. The molecule has 4 aromatic heterocycles. The average Bonchev–Trinajstić information content (AvgIpc) is 3.53. The van der Waals surface area contributed by atoms with Crippen molar-refractivity contribution in [3.05, 3.63) is 85.2 Å². The number of urea groups is 1. The number of hydrogen-bond donors (Lipinski definition) is 2. The van der Waals surface area contributed by atoms with Gasteiger partial charge in [-0.15, -0.1) is 0 Å². The molecule has 0 atom stereocenters. The number of benzene rings is 1. The topological polar surface area (TPSA) is 135 Å². The molecule has 0 radical (unpaired) electrons. The monoisotopic (exact) mass is 632 g/mol. The number of rotatable bonds is 7. The van der Waals surface area contributed by atoms with E-state index in [1.54, 1.807) is 35.4 Å². The summed E-state index contributed by atoms with van der Waals surface area (Å²) in [4.78, 5) is 48.1. The lowest BCUT2D eigenvalue weighted by atomic mass is 10.1. The van der Waals surface area contributed by atoms with Crippen molar-refractivity contribution >= 4 is 39.8 Å². The van der Waals surface area contributed by atoms with E-state index in [0.29, 0.717) is 35.6 Å². The zero-order valence-corrected chi connectivity index (χ0v) is 24.1. The maximum Gasteiger partial charge on any atom is 0.417 e. The summed E-state index contributed by atoms with van der Waals surface area (Å²) in [5.41, 5.74) is 0.439. The van der Waals surface area contributed by atoms with E-state index in [9.17, 15) is 22.8 Å². The Bertz CT molecular complexity index is 1820. The number of anilines is 3. The van der Waals surface area contributed by atoms with Gasteiger partial charge in [0.25, 0.3) is 0 Å². The van der Waals surface area contributed by atoms with Crippen molar-refractivity contribution in [2.75, 3.05) is 22.1 Å². The summed E-state index contributed by atoms with van der Waals surface area (Å²) in [7, 11) is 0. The zero-order chi connectivity index (χ0) is 31.4. The molecular weight excluding hydrogens is 609 g/mol. The number of aromatic nitrogens is 5. The van der Waals surface area contributed by atoms with Crippen LogP contribution in [-0.4, -0.2) is 43.4 Å². The van der Waals surface area contributed by atoms with Gasteiger partial charge in [0.05, 0.1) is 39.9 Å². The van der Waals surface area contributed by atoms with Crippen LogP contribution in [0.15, 0.2) is 79.6 Å². The van der Waals surface area contributed by atoms with Crippen molar-refractivity contribution in [2.45, 2.75) is 25.4 Å². The van der Waals surface area contributed by atoms with Gasteiger partial charge < -0.3 is 15.4 Å². The Morgan fingerprint density at radius 2 is 1.71 bits per heavy atom. The number of carbonyl (C=O) groups excluding carboxylic acids is 2. The first-order valence-electron chi connectivity index (χ1n) is 13.6. The van der Waals surface area contributed by atoms with Crippen LogP contribution in [-0.2, 0) is 11.0 Å². The first kappa shape index (κ1) is 29.6. The minimum atomic E-state index is -4.66. The number of amides is 3. The molecule has 5 heterocycles.